The maximum atomic E-state index is 11.8. The van der Waals surface area contributed by atoms with Crippen LogP contribution in [0.5, 0.6) is 0 Å². The number of amides is 1. The smallest absolute Gasteiger partial charge is 0.407 e. The predicted molar refractivity (Wildman–Crippen MR) is 124 cm³/mol. The normalized spacial score (nSPS) is 14.0. The second-order valence-corrected chi connectivity index (χ2v) is 8.75. The number of ether oxygens (including phenoxy) is 1. The minimum absolute atomic E-state index is 0.270. The fourth-order valence-corrected chi connectivity index (χ4v) is 4.32. The van der Waals surface area contributed by atoms with Gasteiger partial charge in [0.05, 0.1) is 22.0 Å². The van der Waals surface area contributed by atoms with Crippen molar-refractivity contribution in [3.05, 3.63) is 64.7 Å². The van der Waals surface area contributed by atoms with Gasteiger partial charge in [0, 0.05) is 37.6 Å². The lowest BCUT2D eigenvalue weighted by Crippen LogP contribution is -2.35. The van der Waals surface area contributed by atoms with Crippen LogP contribution in [0.2, 0.25) is 0 Å². The van der Waals surface area contributed by atoms with Crippen molar-refractivity contribution in [2.75, 3.05) is 24.5 Å². The monoisotopic (exact) mass is 447 g/mol. The van der Waals surface area contributed by atoms with E-state index in [4.69, 9.17) is 10.00 Å². The summed E-state index contributed by atoms with van der Waals surface area (Å²) in [7, 11) is 0. The number of hydrogen-bond donors (Lipinski definition) is 1. The predicted octanol–water partition coefficient (Wildman–Crippen LogP) is 4.61. The molecule has 1 saturated heterocycles. The van der Waals surface area contributed by atoms with Crippen LogP contribution in [0.15, 0.2) is 54.3 Å². The minimum atomic E-state index is -0.373. The van der Waals surface area contributed by atoms with Crippen LogP contribution in [0.25, 0.3) is 11.1 Å². The summed E-state index contributed by atoms with van der Waals surface area (Å²) in [5.41, 5.74) is 4.48. The number of anilines is 1. The van der Waals surface area contributed by atoms with Gasteiger partial charge < -0.3 is 15.0 Å². The van der Waals surface area contributed by atoms with Crippen molar-refractivity contribution in [3.63, 3.8) is 0 Å². The molecule has 1 aromatic carbocycles. The Bertz CT molecular complexity index is 1040. The van der Waals surface area contributed by atoms with Crippen LogP contribution < -0.4 is 10.2 Å². The molecule has 32 heavy (non-hydrogen) atoms. The van der Waals surface area contributed by atoms with Gasteiger partial charge in [-0.1, -0.05) is 12.1 Å². The van der Waals surface area contributed by atoms with Crippen molar-refractivity contribution in [3.8, 4) is 17.2 Å². The molecule has 7 nitrogen and oxygen atoms in total. The van der Waals surface area contributed by atoms with E-state index >= 15 is 0 Å². The molecule has 0 bridgehead atoms. The van der Waals surface area contributed by atoms with E-state index in [2.05, 4.69) is 38.4 Å². The van der Waals surface area contributed by atoms with Crippen LogP contribution in [-0.2, 0) is 11.3 Å². The SMILES string of the molecule is N#Cc1ccc(-c2ccc(N3CCC(CCNC(=O)OCc4cncs4)CC3)nc2)cc1. The van der Waals surface area contributed by atoms with Crippen molar-refractivity contribution in [1.82, 2.24) is 15.3 Å². The van der Waals surface area contributed by atoms with E-state index in [0.29, 0.717) is 18.0 Å². The molecule has 1 aliphatic rings. The van der Waals surface area contributed by atoms with Crippen molar-refractivity contribution in [1.29, 1.82) is 5.26 Å². The summed E-state index contributed by atoms with van der Waals surface area (Å²) in [6.45, 7) is 2.82. The number of aromatic nitrogens is 2. The molecule has 0 unspecified atom stereocenters. The zero-order valence-corrected chi connectivity index (χ0v) is 18.6. The Hall–Kier alpha value is -3.44. The summed E-state index contributed by atoms with van der Waals surface area (Å²) in [5, 5.41) is 11.8. The zero-order chi connectivity index (χ0) is 22.2. The average Bonchev–Trinajstić information content (AvgIpc) is 3.37. The number of hydrogen-bond acceptors (Lipinski definition) is 7. The highest BCUT2D eigenvalue weighted by atomic mass is 32.1. The Labute approximate surface area is 191 Å². The molecule has 0 atom stereocenters. The molecule has 164 valence electrons. The number of alkyl carbamates (subject to hydrolysis) is 1. The third-order valence-corrected chi connectivity index (χ3v) is 6.44. The summed E-state index contributed by atoms with van der Waals surface area (Å²) >= 11 is 1.47. The molecule has 4 rings (SSSR count). The van der Waals surface area contributed by atoms with Crippen molar-refractivity contribution < 1.29 is 9.53 Å². The molecule has 8 heteroatoms. The van der Waals surface area contributed by atoms with E-state index < -0.39 is 0 Å². The van der Waals surface area contributed by atoms with Crippen LogP contribution in [0.4, 0.5) is 10.6 Å². The van der Waals surface area contributed by atoms with Gasteiger partial charge in [-0.25, -0.2) is 9.78 Å². The first kappa shape index (κ1) is 21.8. The molecule has 2 aromatic heterocycles. The van der Waals surface area contributed by atoms with Crippen LogP contribution >= 0.6 is 11.3 Å². The molecular weight excluding hydrogens is 422 g/mol. The van der Waals surface area contributed by atoms with Gasteiger partial charge in [-0.2, -0.15) is 5.26 Å². The number of nitrogens with one attached hydrogen (secondary N) is 1. The second-order valence-electron chi connectivity index (χ2n) is 7.78. The van der Waals surface area contributed by atoms with Gasteiger partial charge in [-0.05, 0) is 55.0 Å². The van der Waals surface area contributed by atoms with Gasteiger partial charge >= 0.3 is 6.09 Å². The van der Waals surface area contributed by atoms with E-state index in [1.54, 1.807) is 11.7 Å². The molecular formula is C24H25N5O2S. The van der Waals surface area contributed by atoms with Crippen molar-refractivity contribution in [2.24, 2.45) is 5.92 Å². The first-order valence-electron chi connectivity index (χ1n) is 10.7. The summed E-state index contributed by atoms with van der Waals surface area (Å²) in [6.07, 6.45) is 6.34. The molecule has 3 aromatic rings. The van der Waals surface area contributed by atoms with Gasteiger partial charge in [0.15, 0.2) is 0 Å². The van der Waals surface area contributed by atoms with Crippen LogP contribution in [0.1, 0.15) is 29.7 Å². The quantitative estimate of drug-likeness (QED) is 0.569. The molecule has 0 aliphatic carbocycles. The Kier molecular flexibility index (Phi) is 7.31. The number of pyridine rings is 1. The number of nitriles is 1. The van der Waals surface area contributed by atoms with Gasteiger partial charge in [0.1, 0.15) is 12.4 Å². The largest absolute Gasteiger partial charge is 0.444 e. The molecule has 1 fully saturated rings. The Morgan fingerprint density at radius 3 is 2.59 bits per heavy atom. The first-order chi connectivity index (χ1) is 15.7. The molecule has 0 radical (unpaired) electrons. The minimum Gasteiger partial charge on any atom is -0.444 e. The number of carbonyl (C=O) groups is 1. The van der Waals surface area contributed by atoms with Gasteiger partial charge in [0.2, 0.25) is 0 Å². The number of rotatable bonds is 7. The fourth-order valence-electron chi connectivity index (χ4n) is 3.81. The maximum absolute atomic E-state index is 11.8. The lowest BCUT2D eigenvalue weighted by Gasteiger charge is -2.33. The Balaban J connectivity index is 1.18. The highest BCUT2D eigenvalue weighted by Gasteiger charge is 2.20. The molecule has 1 aliphatic heterocycles. The molecule has 0 spiro atoms. The van der Waals surface area contributed by atoms with Gasteiger partial charge in [-0.15, -0.1) is 11.3 Å². The van der Waals surface area contributed by atoms with Crippen molar-refractivity contribution in [2.45, 2.75) is 25.9 Å². The summed E-state index contributed by atoms with van der Waals surface area (Å²) < 4.78 is 5.19. The third-order valence-electron chi connectivity index (χ3n) is 5.68. The number of carbonyl (C=O) groups excluding carboxylic acids is 1. The standard InChI is InChI=1S/C24H25N5O2S/c25-13-19-1-3-20(4-2-19)21-5-6-23(28-14-21)29-11-8-18(9-12-29)7-10-27-24(30)31-16-22-15-26-17-32-22/h1-6,14-15,17-18H,7-12,16H2,(H,27,30). The third kappa shape index (κ3) is 5.83. The molecule has 1 amide bonds. The average molecular weight is 448 g/mol. The number of benzene rings is 1. The summed E-state index contributed by atoms with van der Waals surface area (Å²) in [5.74, 6) is 1.58. The lowest BCUT2D eigenvalue weighted by atomic mass is 9.93. The Morgan fingerprint density at radius 2 is 1.94 bits per heavy atom. The second kappa shape index (κ2) is 10.7. The Morgan fingerprint density at radius 1 is 1.16 bits per heavy atom. The number of thiazole rings is 1. The summed E-state index contributed by atoms with van der Waals surface area (Å²) in [4.78, 5) is 23.7. The van der Waals surface area contributed by atoms with Crippen molar-refractivity contribution >= 4 is 23.2 Å². The van der Waals surface area contributed by atoms with Crippen LogP contribution in [0.3, 0.4) is 0 Å². The molecule has 3 heterocycles. The van der Waals surface area contributed by atoms with Gasteiger partial charge in [-0.3, -0.25) is 4.98 Å². The molecule has 1 N–H and O–H groups in total. The first-order valence-corrected chi connectivity index (χ1v) is 11.6. The number of piperidine rings is 1. The number of nitrogens with zero attached hydrogens (tertiary/aromatic N) is 4. The van der Waals surface area contributed by atoms with E-state index in [-0.39, 0.29) is 12.7 Å². The summed E-state index contributed by atoms with van der Waals surface area (Å²) in [6, 6.07) is 13.8. The van der Waals surface area contributed by atoms with E-state index in [0.717, 1.165) is 54.2 Å². The van der Waals surface area contributed by atoms with Crippen LogP contribution in [0, 0.1) is 17.2 Å². The van der Waals surface area contributed by atoms with Gasteiger partial charge in [0.25, 0.3) is 0 Å². The molecule has 0 saturated carbocycles. The van der Waals surface area contributed by atoms with E-state index in [9.17, 15) is 4.79 Å². The zero-order valence-electron chi connectivity index (χ0n) is 17.7. The lowest BCUT2D eigenvalue weighted by molar-refractivity contribution is 0.140. The fraction of sp³-hybridized carbons (Fsp3) is 0.333. The van der Waals surface area contributed by atoms with E-state index in [1.165, 1.54) is 11.3 Å². The van der Waals surface area contributed by atoms with Crippen LogP contribution in [-0.4, -0.2) is 35.7 Å². The highest BCUT2D eigenvalue weighted by molar-refractivity contribution is 7.09. The maximum Gasteiger partial charge on any atom is 0.407 e. The topological polar surface area (TPSA) is 91.1 Å². The highest BCUT2D eigenvalue weighted by Crippen LogP contribution is 2.26. The van der Waals surface area contributed by atoms with E-state index in [1.807, 2.05) is 30.5 Å².